The molecule has 0 radical (unpaired) electrons. The molecule has 1 saturated heterocycles. The molecule has 1 aliphatic heterocycles. The van der Waals surface area contributed by atoms with E-state index in [2.05, 4.69) is 43.4 Å². The third-order valence-electron chi connectivity index (χ3n) is 8.87. The SMILES string of the molecule is COc1ccc(C(OC[C@H]2O[C@@H](n3ccc(=O)[nH]c3=O)C[C@@H]2OP(OCCC#N)N(C(C)C)C(C)C)(c2ccccc2)c2ccc(OC)cc2)cc1. The predicted octanol–water partition coefficient (Wildman–Crippen LogP) is 6.51. The van der Waals surface area contributed by atoms with Crippen LogP contribution in [0.2, 0.25) is 0 Å². The molecule has 0 spiro atoms. The van der Waals surface area contributed by atoms with Gasteiger partial charge in [0, 0.05) is 30.8 Å². The highest BCUT2D eigenvalue weighted by molar-refractivity contribution is 7.44. The van der Waals surface area contributed by atoms with Crippen molar-refractivity contribution in [3.63, 3.8) is 0 Å². The number of benzene rings is 3. The van der Waals surface area contributed by atoms with E-state index in [1.54, 1.807) is 14.2 Å². The summed E-state index contributed by atoms with van der Waals surface area (Å²) in [6.45, 7) is 8.51. The summed E-state index contributed by atoms with van der Waals surface area (Å²) in [6, 6.07) is 29.0. The first kappa shape index (κ1) is 38.9. The Morgan fingerprint density at radius 2 is 1.48 bits per heavy atom. The first-order valence-corrected chi connectivity index (χ1v) is 18.4. The predicted molar refractivity (Wildman–Crippen MR) is 198 cm³/mol. The minimum Gasteiger partial charge on any atom is -0.497 e. The topological polar surface area (TPSA) is 137 Å². The van der Waals surface area contributed by atoms with Crippen molar-refractivity contribution in [1.82, 2.24) is 14.2 Å². The Morgan fingerprint density at radius 1 is 0.904 bits per heavy atom. The van der Waals surface area contributed by atoms with Crippen LogP contribution in [0.25, 0.3) is 0 Å². The van der Waals surface area contributed by atoms with Gasteiger partial charge in [0.25, 0.3) is 14.1 Å². The molecule has 5 rings (SSSR count). The Labute approximate surface area is 305 Å². The number of H-pyrrole nitrogens is 1. The highest BCUT2D eigenvalue weighted by Crippen LogP contribution is 2.50. The number of ether oxygens (including phenoxy) is 4. The first-order valence-electron chi connectivity index (χ1n) is 17.3. The van der Waals surface area contributed by atoms with Gasteiger partial charge in [-0.15, -0.1) is 0 Å². The number of aromatic nitrogens is 2. The summed E-state index contributed by atoms with van der Waals surface area (Å²) in [5, 5.41) is 9.27. The highest BCUT2D eigenvalue weighted by Gasteiger charge is 2.45. The average molecular weight is 731 g/mol. The smallest absolute Gasteiger partial charge is 0.330 e. The lowest BCUT2D eigenvalue weighted by molar-refractivity contribution is -0.0925. The van der Waals surface area contributed by atoms with Gasteiger partial charge in [-0.25, -0.2) is 9.46 Å². The maximum absolute atomic E-state index is 13.0. The monoisotopic (exact) mass is 730 g/mol. The molecular weight excluding hydrogens is 683 g/mol. The van der Waals surface area contributed by atoms with Crippen molar-refractivity contribution >= 4 is 8.53 Å². The van der Waals surface area contributed by atoms with Gasteiger partial charge in [0.15, 0.2) is 0 Å². The molecule has 1 aliphatic rings. The van der Waals surface area contributed by atoms with E-state index in [0.717, 1.165) is 16.7 Å². The van der Waals surface area contributed by atoms with Gasteiger partial charge in [0.05, 0.1) is 46.0 Å². The molecule has 1 aromatic heterocycles. The zero-order chi connectivity index (χ0) is 37.3. The molecule has 0 saturated carbocycles. The van der Waals surface area contributed by atoms with Crippen LogP contribution in [0, 0.1) is 11.3 Å². The minimum atomic E-state index is -1.66. The Morgan fingerprint density at radius 3 is 2.00 bits per heavy atom. The van der Waals surface area contributed by atoms with Gasteiger partial charge in [0.2, 0.25) is 0 Å². The second-order valence-electron chi connectivity index (χ2n) is 12.9. The van der Waals surface area contributed by atoms with Crippen LogP contribution in [-0.2, 0) is 24.1 Å². The molecule has 2 heterocycles. The molecule has 4 aromatic rings. The molecule has 13 heteroatoms. The maximum Gasteiger partial charge on any atom is 0.330 e. The Bertz CT molecular complexity index is 1820. The number of nitrogens with one attached hydrogen (secondary N) is 1. The quantitative estimate of drug-likeness (QED) is 0.0727. The summed E-state index contributed by atoms with van der Waals surface area (Å²) in [7, 11) is 1.59. The van der Waals surface area contributed by atoms with Gasteiger partial charge in [-0.05, 0) is 68.7 Å². The molecule has 0 aliphatic carbocycles. The van der Waals surface area contributed by atoms with E-state index >= 15 is 0 Å². The van der Waals surface area contributed by atoms with Crippen LogP contribution in [0.1, 0.15) is 63.5 Å². The molecule has 52 heavy (non-hydrogen) atoms. The largest absolute Gasteiger partial charge is 0.497 e. The number of aromatic amines is 1. The summed E-state index contributed by atoms with van der Waals surface area (Å²) in [5.74, 6) is 1.40. The van der Waals surface area contributed by atoms with E-state index in [1.165, 1.54) is 16.8 Å². The molecule has 12 nitrogen and oxygen atoms in total. The van der Waals surface area contributed by atoms with Crippen molar-refractivity contribution in [2.45, 2.75) is 76.7 Å². The lowest BCUT2D eigenvalue weighted by atomic mass is 9.80. The van der Waals surface area contributed by atoms with Gasteiger partial charge in [-0.1, -0.05) is 54.6 Å². The summed E-state index contributed by atoms with van der Waals surface area (Å²) in [5.41, 5.74) is 0.352. The lowest BCUT2D eigenvalue weighted by Gasteiger charge is -2.39. The van der Waals surface area contributed by atoms with Crippen molar-refractivity contribution in [3.8, 4) is 17.6 Å². The van der Waals surface area contributed by atoms with Crippen LogP contribution in [-0.4, -0.2) is 65.9 Å². The van der Waals surface area contributed by atoms with Gasteiger partial charge in [-0.2, -0.15) is 5.26 Å². The van der Waals surface area contributed by atoms with E-state index in [4.69, 9.17) is 28.0 Å². The maximum atomic E-state index is 13.0. The molecule has 0 amide bonds. The fourth-order valence-corrected chi connectivity index (χ4v) is 8.24. The lowest BCUT2D eigenvalue weighted by Crippen LogP contribution is -2.39. The molecule has 1 unspecified atom stereocenters. The van der Waals surface area contributed by atoms with Crippen molar-refractivity contribution < 1.29 is 28.0 Å². The van der Waals surface area contributed by atoms with E-state index in [9.17, 15) is 14.9 Å². The normalized spacial score (nSPS) is 18.1. The van der Waals surface area contributed by atoms with Gasteiger partial charge < -0.3 is 28.0 Å². The number of methoxy groups -OCH3 is 2. The zero-order valence-corrected chi connectivity index (χ0v) is 31.3. The number of nitrogens with zero attached hydrogens (tertiary/aromatic N) is 3. The molecule has 1 N–H and O–H groups in total. The van der Waals surface area contributed by atoms with Gasteiger partial charge >= 0.3 is 5.69 Å². The Balaban J connectivity index is 1.59. The van der Waals surface area contributed by atoms with Crippen molar-refractivity contribution in [2.24, 2.45) is 0 Å². The Hall–Kier alpha value is -4.34. The van der Waals surface area contributed by atoms with Crippen LogP contribution < -0.4 is 20.7 Å². The van der Waals surface area contributed by atoms with E-state index in [1.807, 2.05) is 78.9 Å². The summed E-state index contributed by atoms with van der Waals surface area (Å²) in [6.07, 6.45) is -0.146. The molecule has 276 valence electrons. The molecule has 4 atom stereocenters. The third-order valence-corrected chi connectivity index (χ3v) is 11.0. The van der Waals surface area contributed by atoms with E-state index < -0.39 is 43.8 Å². The van der Waals surface area contributed by atoms with Gasteiger partial charge in [-0.3, -0.25) is 14.3 Å². The van der Waals surface area contributed by atoms with Crippen LogP contribution in [0.5, 0.6) is 11.5 Å². The number of hydrogen-bond acceptors (Lipinski definition) is 10. The van der Waals surface area contributed by atoms with Gasteiger partial charge in [0.1, 0.15) is 29.4 Å². The van der Waals surface area contributed by atoms with Crippen LogP contribution >= 0.6 is 8.53 Å². The molecule has 0 bridgehead atoms. The summed E-state index contributed by atoms with van der Waals surface area (Å²) >= 11 is 0. The highest BCUT2D eigenvalue weighted by atomic mass is 31.2. The van der Waals surface area contributed by atoms with Crippen molar-refractivity contribution in [1.29, 1.82) is 5.26 Å². The molecular formula is C39H47N4O8P. The standard InChI is InChI=1S/C39H47N4O8P/c1-27(2)43(28(3)4)52(49-24-10-22-40)51-34-25-37(42-23-21-36(44)41-38(42)45)50-35(34)26-48-39(29-11-8-7-9-12-29,30-13-17-32(46-5)18-14-30)31-15-19-33(47-6)20-16-31/h7-9,11-21,23,27-28,34-35,37H,10,24-26H2,1-6H3,(H,41,44,45)/t34-,35+,37+,52?/m0/s1. The number of rotatable bonds is 17. The van der Waals surface area contributed by atoms with Crippen LogP contribution in [0.15, 0.2) is 101 Å². The van der Waals surface area contributed by atoms with Crippen LogP contribution in [0.4, 0.5) is 0 Å². The number of nitriles is 1. The first-order chi connectivity index (χ1) is 25.1. The van der Waals surface area contributed by atoms with Crippen molar-refractivity contribution in [3.05, 3.63) is 129 Å². The number of hydrogen-bond donors (Lipinski definition) is 1. The van der Waals surface area contributed by atoms with E-state index in [-0.39, 0.29) is 38.1 Å². The third kappa shape index (κ3) is 8.81. The van der Waals surface area contributed by atoms with E-state index in [0.29, 0.717) is 11.5 Å². The Kier molecular flexibility index (Phi) is 13.4. The zero-order valence-electron chi connectivity index (χ0n) is 30.4. The average Bonchev–Trinajstić information content (AvgIpc) is 3.54. The van der Waals surface area contributed by atoms with Crippen LogP contribution in [0.3, 0.4) is 0 Å². The fraction of sp³-hybridized carbons (Fsp3) is 0.410. The summed E-state index contributed by atoms with van der Waals surface area (Å²) < 4.78 is 41.4. The van der Waals surface area contributed by atoms with Crippen molar-refractivity contribution in [2.75, 3.05) is 27.4 Å². The second kappa shape index (κ2) is 17.9. The fourth-order valence-electron chi connectivity index (χ4n) is 6.48. The minimum absolute atomic E-state index is 0.0386. The molecule has 3 aromatic carbocycles. The summed E-state index contributed by atoms with van der Waals surface area (Å²) in [4.78, 5) is 27.2. The molecule has 1 fully saturated rings. The second-order valence-corrected chi connectivity index (χ2v) is 14.3.